The van der Waals surface area contributed by atoms with Crippen LogP contribution in [0, 0.1) is 5.92 Å². The summed E-state index contributed by atoms with van der Waals surface area (Å²) in [6, 6.07) is 7.20. The molecule has 0 aliphatic heterocycles. The van der Waals surface area contributed by atoms with Crippen molar-refractivity contribution in [3.63, 3.8) is 0 Å². The zero-order valence-corrected chi connectivity index (χ0v) is 9.45. The SMILES string of the molecule is CC(C)C(=O)N/N=C\c1ccc(Cl)cc1. The van der Waals surface area contributed by atoms with Crippen LogP contribution in [0.15, 0.2) is 29.4 Å². The highest BCUT2D eigenvalue weighted by Crippen LogP contribution is 2.07. The molecule has 1 rings (SSSR count). The molecule has 0 aliphatic rings. The first-order valence-electron chi connectivity index (χ1n) is 4.68. The number of benzene rings is 1. The molecule has 0 aromatic heterocycles. The number of nitrogens with zero attached hydrogens (tertiary/aromatic N) is 1. The second kappa shape index (κ2) is 5.51. The number of rotatable bonds is 3. The number of hydrazone groups is 1. The average molecular weight is 225 g/mol. The smallest absolute Gasteiger partial charge is 0.242 e. The normalized spacial score (nSPS) is 10.9. The van der Waals surface area contributed by atoms with Crippen molar-refractivity contribution in [3.8, 4) is 0 Å². The lowest BCUT2D eigenvalue weighted by atomic mass is 10.2. The summed E-state index contributed by atoms with van der Waals surface area (Å²) in [7, 11) is 0. The molecule has 0 fully saturated rings. The van der Waals surface area contributed by atoms with E-state index in [1.165, 1.54) is 0 Å². The Hall–Kier alpha value is -1.35. The van der Waals surface area contributed by atoms with Crippen LogP contribution in [0.3, 0.4) is 0 Å². The largest absolute Gasteiger partial charge is 0.273 e. The molecule has 0 spiro atoms. The molecule has 15 heavy (non-hydrogen) atoms. The molecule has 0 heterocycles. The van der Waals surface area contributed by atoms with E-state index in [1.807, 2.05) is 26.0 Å². The topological polar surface area (TPSA) is 41.5 Å². The van der Waals surface area contributed by atoms with Crippen LogP contribution in [-0.2, 0) is 4.79 Å². The van der Waals surface area contributed by atoms with Crippen molar-refractivity contribution < 1.29 is 4.79 Å². The lowest BCUT2D eigenvalue weighted by Gasteiger charge is -2.01. The molecule has 1 aromatic rings. The Labute approximate surface area is 94.1 Å². The predicted molar refractivity (Wildman–Crippen MR) is 62.0 cm³/mol. The predicted octanol–water partition coefficient (Wildman–Crippen LogP) is 2.45. The Morgan fingerprint density at radius 1 is 1.40 bits per heavy atom. The van der Waals surface area contributed by atoms with Crippen LogP contribution < -0.4 is 5.43 Å². The zero-order chi connectivity index (χ0) is 11.3. The molecule has 1 aromatic carbocycles. The summed E-state index contributed by atoms with van der Waals surface area (Å²) in [4.78, 5) is 11.1. The Morgan fingerprint density at radius 3 is 2.53 bits per heavy atom. The summed E-state index contributed by atoms with van der Waals surface area (Å²) < 4.78 is 0. The fourth-order valence-electron chi connectivity index (χ4n) is 0.848. The van der Waals surface area contributed by atoms with Crippen molar-refractivity contribution >= 4 is 23.7 Å². The minimum atomic E-state index is -0.0970. The molecule has 1 N–H and O–H groups in total. The van der Waals surface area contributed by atoms with Gasteiger partial charge >= 0.3 is 0 Å². The van der Waals surface area contributed by atoms with Crippen LogP contribution >= 0.6 is 11.6 Å². The Morgan fingerprint density at radius 2 is 2.00 bits per heavy atom. The van der Waals surface area contributed by atoms with E-state index >= 15 is 0 Å². The van der Waals surface area contributed by atoms with Crippen molar-refractivity contribution in [2.75, 3.05) is 0 Å². The van der Waals surface area contributed by atoms with Gasteiger partial charge in [0.15, 0.2) is 0 Å². The monoisotopic (exact) mass is 224 g/mol. The standard InChI is InChI=1S/C11H13ClN2O/c1-8(2)11(15)14-13-7-9-3-5-10(12)6-4-9/h3-8H,1-2H3,(H,14,15)/b13-7-. The van der Waals surface area contributed by atoms with Gasteiger partial charge in [-0.1, -0.05) is 37.6 Å². The molecule has 80 valence electrons. The summed E-state index contributed by atoms with van der Waals surface area (Å²) in [5.74, 6) is -0.160. The minimum Gasteiger partial charge on any atom is -0.273 e. The fraction of sp³-hybridized carbons (Fsp3) is 0.273. The van der Waals surface area contributed by atoms with Crippen molar-refractivity contribution in [2.45, 2.75) is 13.8 Å². The third kappa shape index (κ3) is 4.13. The van der Waals surface area contributed by atoms with Crippen molar-refractivity contribution in [1.29, 1.82) is 0 Å². The molecule has 0 unspecified atom stereocenters. The van der Waals surface area contributed by atoms with Gasteiger partial charge in [-0.3, -0.25) is 4.79 Å². The Kier molecular flexibility index (Phi) is 4.31. The summed E-state index contributed by atoms with van der Waals surface area (Å²) in [6.45, 7) is 3.63. The first kappa shape index (κ1) is 11.7. The van der Waals surface area contributed by atoms with Crippen LogP contribution in [0.2, 0.25) is 5.02 Å². The van der Waals surface area contributed by atoms with E-state index in [4.69, 9.17) is 11.6 Å². The van der Waals surface area contributed by atoms with Gasteiger partial charge in [0.1, 0.15) is 0 Å². The summed E-state index contributed by atoms with van der Waals surface area (Å²) in [5, 5.41) is 4.50. The van der Waals surface area contributed by atoms with Gasteiger partial charge in [0.25, 0.3) is 0 Å². The van der Waals surface area contributed by atoms with E-state index < -0.39 is 0 Å². The number of hydrogen-bond donors (Lipinski definition) is 1. The molecule has 0 bridgehead atoms. The number of nitrogens with one attached hydrogen (secondary N) is 1. The van der Waals surface area contributed by atoms with Gasteiger partial charge in [0.05, 0.1) is 6.21 Å². The van der Waals surface area contributed by atoms with Gasteiger partial charge in [0.2, 0.25) is 5.91 Å². The van der Waals surface area contributed by atoms with Crippen LogP contribution in [0.25, 0.3) is 0 Å². The maximum atomic E-state index is 11.1. The van der Waals surface area contributed by atoms with Crippen LogP contribution in [0.5, 0.6) is 0 Å². The first-order chi connectivity index (χ1) is 7.09. The quantitative estimate of drug-likeness (QED) is 0.622. The van der Waals surface area contributed by atoms with E-state index in [0.29, 0.717) is 5.02 Å². The zero-order valence-electron chi connectivity index (χ0n) is 8.70. The summed E-state index contributed by atoms with van der Waals surface area (Å²) >= 11 is 5.72. The van der Waals surface area contributed by atoms with Gasteiger partial charge in [-0.15, -0.1) is 0 Å². The number of halogens is 1. The maximum absolute atomic E-state index is 11.1. The third-order valence-electron chi connectivity index (χ3n) is 1.78. The molecule has 0 saturated heterocycles. The maximum Gasteiger partial charge on any atom is 0.242 e. The number of amides is 1. The van der Waals surface area contributed by atoms with Crippen molar-refractivity contribution in [3.05, 3.63) is 34.9 Å². The van der Waals surface area contributed by atoms with Gasteiger partial charge in [-0.25, -0.2) is 5.43 Å². The third-order valence-corrected chi connectivity index (χ3v) is 2.03. The lowest BCUT2D eigenvalue weighted by molar-refractivity contribution is -0.123. The van der Waals surface area contributed by atoms with Crippen molar-refractivity contribution in [2.24, 2.45) is 11.0 Å². The molecule has 0 atom stereocenters. The van der Waals surface area contributed by atoms with E-state index in [9.17, 15) is 4.79 Å². The molecule has 0 radical (unpaired) electrons. The molecule has 3 nitrogen and oxygen atoms in total. The fourth-order valence-corrected chi connectivity index (χ4v) is 0.974. The average Bonchev–Trinajstić information content (AvgIpc) is 2.20. The van der Waals surface area contributed by atoms with E-state index in [0.717, 1.165) is 5.56 Å². The highest BCUT2D eigenvalue weighted by atomic mass is 35.5. The minimum absolute atomic E-state index is 0.0626. The van der Waals surface area contributed by atoms with E-state index in [1.54, 1.807) is 18.3 Å². The van der Waals surface area contributed by atoms with Gasteiger partial charge in [-0.05, 0) is 17.7 Å². The van der Waals surface area contributed by atoms with Gasteiger partial charge in [-0.2, -0.15) is 5.10 Å². The second-order valence-corrected chi connectivity index (χ2v) is 3.88. The Bertz CT molecular complexity index is 357. The highest BCUT2D eigenvalue weighted by Gasteiger charge is 2.03. The number of hydrogen-bond acceptors (Lipinski definition) is 2. The molecule has 4 heteroatoms. The molecule has 0 saturated carbocycles. The molecule has 1 amide bonds. The second-order valence-electron chi connectivity index (χ2n) is 3.44. The van der Waals surface area contributed by atoms with Gasteiger partial charge < -0.3 is 0 Å². The number of carbonyl (C=O) groups excluding carboxylic acids is 1. The highest BCUT2D eigenvalue weighted by molar-refractivity contribution is 6.30. The molecular weight excluding hydrogens is 212 g/mol. The first-order valence-corrected chi connectivity index (χ1v) is 5.06. The van der Waals surface area contributed by atoms with Crippen LogP contribution in [-0.4, -0.2) is 12.1 Å². The van der Waals surface area contributed by atoms with E-state index in [2.05, 4.69) is 10.5 Å². The molecule has 0 aliphatic carbocycles. The molecular formula is C11H13ClN2O. The van der Waals surface area contributed by atoms with Crippen molar-refractivity contribution in [1.82, 2.24) is 5.43 Å². The Balaban J connectivity index is 2.51. The van der Waals surface area contributed by atoms with Gasteiger partial charge in [0, 0.05) is 10.9 Å². The van der Waals surface area contributed by atoms with Crippen LogP contribution in [0.1, 0.15) is 19.4 Å². The summed E-state index contributed by atoms with van der Waals surface area (Å²) in [5.41, 5.74) is 3.33. The lowest BCUT2D eigenvalue weighted by Crippen LogP contribution is -2.22. The van der Waals surface area contributed by atoms with Crippen LogP contribution in [0.4, 0.5) is 0 Å². The van der Waals surface area contributed by atoms with E-state index in [-0.39, 0.29) is 11.8 Å². The summed E-state index contributed by atoms with van der Waals surface area (Å²) in [6.07, 6.45) is 1.58. The number of carbonyl (C=O) groups is 1.